The second kappa shape index (κ2) is 7.59. The Kier molecular flexibility index (Phi) is 5.25. The van der Waals surface area contributed by atoms with Crippen molar-refractivity contribution in [3.05, 3.63) is 89.4 Å². The smallest absolute Gasteiger partial charge is 0.261 e. The summed E-state index contributed by atoms with van der Waals surface area (Å²) in [5.41, 5.74) is 1.42. The van der Waals surface area contributed by atoms with Crippen LogP contribution in [-0.4, -0.2) is 14.3 Å². The van der Waals surface area contributed by atoms with E-state index in [2.05, 4.69) is 10.0 Å². The highest BCUT2D eigenvalue weighted by molar-refractivity contribution is 7.92. The third-order valence-corrected chi connectivity index (χ3v) is 5.20. The maximum absolute atomic E-state index is 12.4. The number of benzene rings is 3. The summed E-state index contributed by atoms with van der Waals surface area (Å²) in [6.07, 6.45) is 0. The standard InChI is InChI=1S/C19H15ClN2O3S/c20-15-8-6-14(7-9-15)19(23)21-16-10-12-18(13-11-16)26(24,25)22-17-4-2-1-3-5-17/h1-13,22H,(H,21,23). The maximum atomic E-state index is 12.4. The first-order chi connectivity index (χ1) is 12.4. The van der Waals surface area contributed by atoms with Crippen molar-refractivity contribution in [1.82, 2.24) is 0 Å². The third-order valence-electron chi connectivity index (χ3n) is 3.55. The van der Waals surface area contributed by atoms with Gasteiger partial charge in [0.25, 0.3) is 15.9 Å². The molecule has 0 heterocycles. The molecule has 0 saturated heterocycles. The summed E-state index contributed by atoms with van der Waals surface area (Å²) in [5.74, 6) is -0.306. The Labute approximate surface area is 156 Å². The summed E-state index contributed by atoms with van der Waals surface area (Å²) in [4.78, 5) is 12.3. The average molecular weight is 387 g/mol. The van der Waals surface area contributed by atoms with E-state index >= 15 is 0 Å². The monoisotopic (exact) mass is 386 g/mol. The zero-order chi connectivity index (χ0) is 18.6. The molecule has 5 nitrogen and oxygen atoms in total. The maximum Gasteiger partial charge on any atom is 0.261 e. The number of sulfonamides is 1. The fourth-order valence-corrected chi connectivity index (χ4v) is 3.43. The van der Waals surface area contributed by atoms with E-state index in [4.69, 9.17) is 11.6 Å². The number of amides is 1. The number of nitrogens with one attached hydrogen (secondary N) is 2. The molecular weight excluding hydrogens is 372 g/mol. The van der Waals surface area contributed by atoms with Crippen LogP contribution in [0.4, 0.5) is 11.4 Å². The fourth-order valence-electron chi connectivity index (χ4n) is 2.24. The average Bonchev–Trinajstić information content (AvgIpc) is 2.63. The van der Waals surface area contributed by atoms with E-state index in [1.54, 1.807) is 54.6 Å². The Morgan fingerprint density at radius 1 is 0.769 bits per heavy atom. The van der Waals surface area contributed by atoms with Gasteiger partial charge in [0.1, 0.15) is 0 Å². The van der Waals surface area contributed by atoms with E-state index in [0.717, 1.165) is 0 Å². The first kappa shape index (κ1) is 18.0. The van der Waals surface area contributed by atoms with Gasteiger partial charge in [0.2, 0.25) is 0 Å². The molecule has 0 aliphatic rings. The molecule has 1 amide bonds. The highest BCUT2D eigenvalue weighted by Gasteiger charge is 2.14. The normalized spacial score (nSPS) is 11.0. The van der Waals surface area contributed by atoms with E-state index in [9.17, 15) is 13.2 Å². The van der Waals surface area contributed by atoms with Crippen molar-refractivity contribution >= 4 is 38.9 Å². The molecule has 0 radical (unpaired) electrons. The summed E-state index contributed by atoms with van der Waals surface area (Å²) < 4.78 is 27.3. The molecule has 0 unspecified atom stereocenters. The number of hydrogen-bond acceptors (Lipinski definition) is 3. The molecule has 0 atom stereocenters. The summed E-state index contributed by atoms with van der Waals surface area (Å²) >= 11 is 5.80. The Bertz CT molecular complexity index is 1000. The zero-order valence-corrected chi connectivity index (χ0v) is 15.1. The van der Waals surface area contributed by atoms with Crippen LogP contribution in [-0.2, 0) is 10.0 Å². The number of hydrogen-bond donors (Lipinski definition) is 2. The lowest BCUT2D eigenvalue weighted by atomic mass is 10.2. The van der Waals surface area contributed by atoms with Crippen molar-refractivity contribution in [2.75, 3.05) is 10.0 Å². The van der Waals surface area contributed by atoms with E-state index in [-0.39, 0.29) is 10.8 Å². The molecule has 3 aromatic rings. The molecule has 132 valence electrons. The summed E-state index contributed by atoms with van der Waals surface area (Å²) in [7, 11) is -3.69. The minimum atomic E-state index is -3.69. The van der Waals surface area contributed by atoms with Crippen molar-refractivity contribution in [3.8, 4) is 0 Å². The highest BCUT2D eigenvalue weighted by atomic mass is 35.5. The van der Waals surface area contributed by atoms with Crippen molar-refractivity contribution in [2.24, 2.45) is 0 Å². The van der Waals surface area contributed by atoms with E-state index in [1.165, 1.54) is 24.3 Å². The summed E-state index contributed by atoms with van der Waals surface area (Å²) in [5, 5.41) is 3.25. The van der Waals surface area contributed by atoms with Crippen LogP contribution in [0, 0.1) is 0 Å². The Balaban J connectivity index is 1.71. The molecule has 0 bridgehead atoms. The first-order valence-electron chi connectivity index (χ1n) is 7.69. The molecule has 2 N–H and O–H groups in total. The molecular formula is C19H15ClN2O3S. The van der Waals surface area contributed by atoms with Gasteiger partial charge in [0, 0.05) is 22.0 Å². The van der Waals surface area contributed by atoms with E-state index in [1.807, 2.05) is 0 Å². The van der Waals surface area contributed by atoms with Gasteiger partial charge in [0.05, 0.1) is 4.90 Å². The minimum Gasteiger partial charge on any atom is -0.322 e. The lowest BCUT2D eigenvalue weighted by Gasteiger charge is -2.09. The van der Waals surface area contributed by atoms with Crippen LogP contribution in [0.3, 0.4) is 0 Å². The number of halogens is 1. The molecule has 0 spiro atoms. The van der Waals surface area contributed by atoms with Gasteiger partial charge < -0.3 is 5.32 Å². The number of carbonyl (C=O) groups excluding carboxylic acids is 1. The van der Waals surface area contributed by atoms with Gasteiger partial charge in [0.15, 0.2) is 0 Å². The SMILES string of the molecule is O=C(Nc1ccc(S(=O)(=O)Nc2ccccc2)cc1)c1ccc(Cl)cc1. The minimum absolute atomic E-state index is 0.103. The summed E-state index contributed by atoms with van der Waals surface area (Å²) in [6, 6.07) is 21.0. The van der Waals surface area contributed by atoms with Crippen LogP contribution < -0.4 is 10.0 Å². The second-order valence-corrected chi connectivity index (χ2v) is 7.58. The largest absolute Gasteiger partial charge is 0.322 e. The van der Waals surface area contributed by atoms with Gasteiger partial charge in [-0.25, -0.2) is 8.42 Å². The molecule has 26 heavy (non-hydrogen) atoms. The number of anilines is 2. The topological polar surface area (TPSA) is 75.3 Å². The quantitative estimate of drug-likeness (QED) is 0.682. The van der Waals surface area contributed by atoms with Gasteiger partial charge in [-0.2, -0.15) is 0 Å². The molecule has 0 fully saturated rings. The van der Waals surface area contributed by atoms with Gasteiger partial charge in [-0.3, -0.25) is 9.52 Å². The van der Waals surface area contributed by atoms with Crippen LogP contribution in [0.15, 0.2) is 83.8 Å². The number of para-hydroxylation sites is 1. The lowest BCUT2D eigenvalue weighted by Crippen LogP contribution is -2.14. The Morgan fingerprint density at radius 2 is 1.38 bits per heavy atom. The van der Waals surface area contributed by atoms with E-state index in [0.29, 0.717) is 22.0 Å². The van der Waals surface area contributed by atoms with Crippen molar-refractivity contribution in [2.45, 2.75) is 4.90 Å². The number of carbonyl (C=O) groups is 1. The van der Waals surface area contributed by atoms with Crippen LogP contribution in [0.25, 0.3) is 0 Å². The molecule has 0 aromatic heterocycles. The van der Waals surface area contributed by atoms with Gasteiger partial charge in [-0.1, -0.05) is 29.8 Å². The van der Waals surface area contributed by atoms with Crippen LogP contribution >= 0.6 is 11.6 Å². The fraction of sp³-hybridized carbons (Fsp3) is 0. The van der Waals surface area contributed by atoms with Crippen molar-refractivity contribution in [3.63, 3.8) is 0 Å². The Hall–Kier alpha value is -2.83. The van der Waals surface area contributed by atoms with Crippen LogP contribution in [0.1, 0.15) is 10.4 Å². The van der Waals surface area contributed by atoms with Gasteiger partial charge in [-0.05, 0) is 60.7 Å². The molecule has 0 saturated carbocycles. The van der Waals surface area contributed by atoms with Crippen LogP contribution in [0.2, 0.25) is 5.02 Å². The van der Waals surface area contributed by atoms with Crippen molar-refractivity contribution < 1.29 is 13.2 Å². The van der Waals surface area contributed by atoms with Crippen LogP contribution in [0.5, 0.6) is 0 Å². The Morgan fingerprint density at radius 3 is 2.00 bits per heavy atom. The highest BCUT2D eigenvalue weighted by Crippen LogP contribution is 2.19. The number of rotatable bonds is 5. The predicted molar refractivity (Wildman–Crippen MR) is 103 cm³/mol. The second-order valence-electron chi connectivity index (χ2n) is 5.46. The van der Waals surface area contributed by atoms with Crippen molar-refractivity contribution in [1.29, 1.82) is 0 Å². The van der Waals surface area contributed by atoms with E-state index < -0.39 is 10.0 Å². The van der Waals surface area contributed by atoms with Gasteiger partial charge >= 0.3 is 0 Å². The molecule has 3 rings (SSSR count). The predicted octanol–water partition coefficient (Wildman–Crippen LogP) is 4.39. The summed E-state index contributed by atoms with van der Waals surface area (Å²) in [6.45, 7) is 0. The lowest BCUT2D eigenvalue weighted by molar-refractivity contribution is 0.102. The molecule has 0 aliphatic carbocycles. The molecule has 3 aromatic carbocycles. The first-order valence-corrected chi connectivity index (χ1v) is 9.55. The molecule has 7 heteroatoms. The third kappa shape index (κ3) is 4.41. The van der Waals surface area contributed by atoms with Gasteiger partial charge in [-0.15, -0.1) is 0 Å². The molecule has 0 aliphatic heterocycles. The zero-order valence-electron chi connectivity index (χ0n) is 13.5.